The van der Waals surface area contributed by atoms with E-state index in [9.17, 15) is 0 Å². The van der Waals surface area contributed by atoms with Crippen LogP contribution in [0.25, 0.3) is 0 Å². The first-order valence-electron chi connectivity index (χ1n) is 7.07. The van der Waals surface area contributed by atoms with Gasteiger partial charge in [0.2, 0.25) is 0 Å². The van der Waals surface area contributed by atoms with Crippen LogP contribution in [-0.2, 0) is 0 Å². The molecule has 2 heteroatoms. The molecule has 1 heterocycles. The van der Waals surface area contributed by atoms with Gasteiger partial charge in [-0.15, -0.1) is 0 Å². The van der Waals surface area contributed by atoms with Crippen molar-refractivity contribution in [3.8, 4) is 0 Å². The molecule has 2 fully saturated rings. The van der Waals surface area contributed by atoms with Crippen molar-refractivity contribution in [3.63, 3.8) is 0 Å². The van der Waals surface area contributed by atoms with E-state index >= 15 is 0 Å². The molecule has 1 saturated carbocycles. The highest BCUT2D eigenvalue weighted by Crippen LogP contribution is 2.40. The van der Waals surface area contributed by atoms with Crippen molar-refractivity contribution >= 4 is 12.6 Å². The van der Waals surface area contributed by atoms with Gasteiger partial charge in [0.15, 0.2) is 0 Å². The Labute approximate surface area is 106 Å². The SMILES string of the molecule is CC1CCCN(CC2(CS)CCCC2)CC1. The van der Waals surface area contributed by atoms with Crippen molar-refractivity contribution in [3.05, 3.63) is 0 Å². The molecule has 1 aliphatic heterocycles. The van der Waals surface area contributed by atoms with E-state index in [4.69, 9.17) is 0 Å². The summed E-state index contributed by atoms with van der Waals surface area (Å²) < 4.78 is 0. The zero-order valence-electron chi connectivity index (χ0n) is 10.7. The van der Waals surface area contributed by atoms with Gasteiger partial charge in [-0.05, 0) is 62.3 Å². The average molecular weight is 241 g/mol. The van der Waals surface area contributed by atoms with Gasteiger partial charge < -0.3 is 4.90 Å². The molecule has 0 aromatic heterocycles. The minimum absolute atomic E-state index is 0.566. The molecule has 1 unspecified atom stereocenters. The van der Waals surface area contributed by atoms with Crippen LogP contribution in [0.4, 0.5) is 0 Å². The van der Waals surface area contributed by atoms with Gasteiger partial charge in [0.05, 0.1) is 0 Å². The Balaban J connectivity index is 1.87. The van der Waals surface area contributed by atoms with Gasteiger partial charge >= 0.3 is 0 Å². The standard InChI is InChI=1S/C14H27NS/c1-13-5-4-9-15(10-6-13)11-14(12-16)7-2-3-8-14/h13,16H,2-12H2,1H3. The summed E-state index contributed by atoms with van der Waals surface area (Å²) in [4.78, 5) is 2.73. The van der Waals surface area contributed by atoms with E-state index in [2.05, 4.69) is 24.5 Å². The predicted molar refractivity (Wildman–Crippen MR) is 74.2 cm³/mol. The summed E-state index contributed by atoms with van der Waals surface area (Å²) in [6.45, 7) is 6.40. The predicted octanol–water partition coefficient (Wildman–Crippen LogP) is 3.60. The second-order valence-electron chi connectivity index (χ2n) is 6.18. The van der Waals surface area contributed by atoms with Crippen LogP contribution in [0.3, 0.4) is 0 Å². The molecule has 2 rings (SSSR count). The first-order valence-corrected chi connectivity index (χ1v) is 7.71. The minimum Gasteiger partial charge on any atom is -0.303 e. The molecule has 0 aromatic carbocycles. The van der Waals surface area contributed by atoms with Crippen LogP contribution in [0, 0.1) is 11.3 Å². The van der Waals surface area contributed by atoms with Crippen molar-refractivity contribution in [2.45, 2.75) is 51.9 Å². The molecule has 1 saturated heterocycles. The van der Waals surface area contributed by atoms with E-state index in [0.717, 1.165) is 11.7 Å². The van der Waals surface area contributed by atoms with Crippen LogP contribution >= 0.6 is 12.6 Å². The van der Waals surface area contributed by atoms with Crippen molar-refractivity contribution in [1.29, 1.82) is 0 Å². The number of hydrogen-bond donors (Lipinski definition) is 1. The van der Waals surface area contributed by atoms with Crippen LogP contribution in [0.1, 0.15) is 51.9 Å². The first-order chi connectivity index (χ1) is 7.74. The molecule has 2 aliphatic rings. The summed E-state index contributed by atoms with van der Waals surface area (Å²) in [6, 6.07) is 0. The Morgan fingerprint density at radius 2 is 1.88 bits per heavy atom. The van der Waals surface area contributed by atoms with E-state index in [-0.39, 0.29) is 0 Å². The zero-order valence-corrected chi connectivity index (χ0v) is 11.6. The van der Waals surface area contributed by atoms with Crippen LogP contribution in [-0.4, -0.2) is 30.3 Å². The maximum Gasteiger partial charge on any atom is 0.00458 e. The molecular weight excluding hydrogens is 214 g/mol. The minimum atomic E-state index is 0.566. The number of hydrogen-bond acceptors (Lipinski definition) is 2. The topological polar surface area (TPSA) is 3.24 Å². The van der Waals surface area contributed by atoms with Crippen molar-refractivity contribution < 1.29 is 0 Å². The third-order valence-electron chi connectivity index (χ3n) is 4.67. The fourth-order valence-electron chi connectivity index (χ4n) is 3.45. The molecule has 0 aromatic rings. The molecule has 94 valence electrons. The van der Waals surface area contributed by atoms with Gasteiger partial charge in [-0.25, -0.2) is 0 Å². The van der Waals surface area contributed by atoms with Crippen LogP contribution in [0.15, 0.2) is 0 Å². The van der Waals surface area contributed by atoms with Crippen molar-refractivity contribution in [2.24, 2.45) is 11.3 Å². The summed E-state index contributed by atoms with van der Waals surface area (Å²) in [6.07, 6.45) is 9.96. The number of rotatable bonds is 3. The van der Waals surface area contributed by atoms with E-state index in [1.54, 1.807) is 0 Å². The van der Waals surface area contributed by atoms with Gasteiger partial charge in [-0.1, -0.05) is 19.8 Å². The van der Waals surface area contributed by atoms with Crippen LogP contribution in [0.5, 0.6) is 0 Å². The summed E-state index contributed by atoms with van der Waals surface area (Å²) in [5.74, 6) is 2.04. The number of nitrogens with zero attached hydrogens (tertiary/aromatic N) is 1. The molecule has 0 bridgehead atoms. The first kappa shape index (κ1) is 12.8. The molecule has 1 atom stereocenters. The lowest BCUT2D eigenvalue weighted by Crippen LogP contribution is -2.38. The Hall–Kier alpha value is 0.310. The van der Waals surface area contributed by atoms with E-state index in [1.807, 2.05) is 0 Å². The van der Waals surface area contributed by atoms with Gasteiger partial charge in [-0.3, -0.25) is 0 Å². The van der Waals surface area contributed by atoms with Gasteiger partial charge in [0.25, 0.3) is 0 Å². The largest absolute Gasteiger partial charge is 0.303 e. The van der Waals surface area contributed by atoms with E-state index in [0.29, 0.717) is 5.41 Å². The maximum atomic E-state index is 4.62. The smallest absolute Gasteiger partial charge is 0.00458 e. The summed E-state index contributed by atoms with van der Waals surface area (Å²) in [5, 5.41) is 0. The number of likely N-dealkylation sites (tertiary alicyclic amines) is 1. The zero-order chi connectivity index (χ0) is 11.4. The third kappa shape index (κ3) is 3.16. The molecular formula is C14H27NS. The highest BCUT2D eigenvalue weighted by atomic mass is 32.1. The number of thiol groups is 1. The summed E-state index contributed by atoms with van der Waals surface area (Å²) in [5.41, 5.74) is 0.566. The molecule has 0 spiro atoms. The Morgan fingerprint density at radius 3 is 2.56 bits per heavy atom. The quantitative estimate of drug-likeness (QED) is 0.739. The summed E-state index contributed by atoms with van der Waals surface area (Å²) in [7, 11) is 0. The Morgan fingerprint density at radius 1 is 1.12 bits per heavy atom. The van der Waals surface area contributed by atoms with Crippen molar-refractivity contribution in [2.75, 3.05) is 25.4 Å². The molecule has 0 N–H and O–H groups in total. The fourth-order valence-corrected chi connectivity index (χ4v) is 3.86. The van der Waals surface area contributed by atoms with E-state index in [1.165, 1.54) is 64.6 Å². The fraction of sp³-hybridized carbons (Fsp3) is 1.00. The lowest BCUT2D eigenvalue weighted by atomic mass is 9.88. The van der Waals surface area contributed by atoms with Crippen molar-refractivity contribution in [1.82, 2.24) is 4.90 Å². The molecule has 1 nitrogen and oxygen atoms in total. The van der Waals surface area contributed by atoms with Crippen LogP contribution < -0.4 is 0 Å². The highest BCUT2D eigenvalue weighted by Gasteiger charge is 2.34. The molecule has 0 amide bonds. The maximum absolute atomic E-state index is 4.62. The molecule has 16 heavy (non-hydrogen) atoms. The Bertz CT molecular complexity index is 211. The van der Waals surface area contributed by atoms with E-state index < -0.39 is 0 Å². The lowest BCUT2D eigenvalue weighted by Gasteiger charge is -2.33. The second kappa shape index (κ2) is 5.77. The molecule has 0 radical (unpaired) electrons. The monoisotopic (exact) mass is 241 g/mol. The third-order valence-corrected chi connectivity index (χ3v) is 5.34. The summed E-state index contributed by atoms with van der Waals surface area (Å²) >= 11 is 4.62. The van der Waals surface area contributed by atoms with Gasteiger partial charge in [-0.2, -0.15) is 12.6 Å². The molecule has 1 aliphatic carbocycles. The average Bonchev–Trinajstić information content (AvgIpc) is 2.66. The van der Waals surface area contributed by atoms with Crippen LogP contribution in [0.2, 0.25) is 0 Å². The van der Waals surface area contributed by atoms with Gasteiger partial charge in [0, 0.05) is 6.54 Å². The highest BCUT2D eigenvalue weighted by molar-refractivity contribution is 7.80. The second-order valence-corrected chi connectivity index (χ2v) is 6.49. The normalized spacial score (nSPS) is 31.5. The lowest BCUT2D eigenvalue weighted by molar-refractivity contribution is 0.175. The van der Waals surface area contributed by atoms with Gasteiger partial charge in [0.1, 0.15) is 0 Å². The Kier molecular flexibility index (Phi) is 4.60.